The van der Waals surface area contributed by atoms with Crippen LogP contribution in [0.3, 0.4) is 0 Å². The number of benzene rings is 1. The van der Waals surface area contributed by atoms with Gasteiger partial charge in [0.15, 0.2) is 0 Å². The number of primary amides is 1. The zero-order valence-corrected chi connectivity index (χ0v) is 12.8. The Bertz CT molecular complexity index is 689. The number of esters is 1. The Labute approximate surface area is 133 Å². The Kier molecular flexibility index (Phi) is 5.76. The highest BCUT2D eigenvalue weighted by atomic mass is 16.5. The minimum atomic E-state index is -0.628. The third-order valence-corrected chi connectivity index (χ3v) is 2.95. The molecule has 0 radical (unpaired) electrons. The normalized spacial score (nSPS) is 10.3. The third-order valence-electron chi connectivity index (χ3n) is 2.95. The molecule has 0 unspecified atom stereocenters. The van der Waals surface area contributed by atoms with E-state index in [9.17, 15) is 9.59 Å². The summed E-state index contributed by atoms with van der Waals surface area (Å²) >= 11 is 0. The first kappa shape index (κ1) is 16.6. The zero-order chi connectivity index (χ0) is 16.7. The molecule has 120 valence electrons. The van der Waals surface area contributed by atoms with E-state index in [4.69, 9.17) is 10.5 Å². The molecule has 1 amide bonds. The van der Waals surface area contributed by atoms with Gasteiger partial charge in [0.25, 0.3) is 5.91 Å². The monoisotopic (exact) mass is 314 g/mol. The van der Waals surface area contributed by atoms with Gasteiger partial charge in [-0.2, -0.15) is 0 Å². The zero-order valence-electron chi connectivity index (χ0n) is 12.8. The summed E-state index contributed by atoms with van der Waals surface area (Å²) in [5.41, 5.74) is 6.90. The van der Waals surface area contributed by atoms with Gasteiger partial charge in [-0.25, -0.2) is 9.97 Å². The molecule has 0 fully saturated rings. The lowest BCUT2D eigenvalue weighted by Crippen LogP contribution is -2.26. The van der Waals surface area contributed by atoms with Crippen molar-refractivity contribution in [2.24, 2.45) is 5.73 Å². The Morgan fingerprint density at radius 2 is 1.96 bits per heavy atom. The van der Waals surface area contributed by atoms with Crippen molar-refractivity contribution in [2.45, 2.75) is 13.5 Å². The molecular formula is C16H18N4O3. The van der Waals surface area contributed by atoms with Crippen LogP contribution in [0.25, 0.3) is 11.3 Å². The minimum Gasteiger partial charge on any atom is -0.465 e. The van der Waals surface area contributed by atoms with Crippen molar-refractivity contribution in [1.29, 1.82) is 0 Å². The summed E-state index contributed by atoms with van der Waals surface area (Å²) in [5, 5.41) is 2.88. The van der Waals surface area contributed by atoms with Crippen LogP contribution in [0.4, 0.5) is 0 Å². The fourth-order valence-corrected chi connectivity index (χ4v) is 1.95. The maximum atomic E-state index is 11.4. The van der Waals surface area contributed by atoms with Gasteiger partial charge >= 0.3 is 5.97 Å². The Balaban J connectivity index is 2.17. The molecule has 7 heteroatoms. The number of rotatable bonds is 7. The number of ether oxygens (including phenoxy) is 1. The van der Waals surface area contributed by atoms with Gasteiger partial charge in [0, 0.05) is 5.56 Å². The van der Waals surface area contributed by atoms with E-state index in [1.165, 1.54) is 0 Å². The van der Waals surface area contributed by atoms with Crippen LogP contribution in [0.15, 0.2) is 36.4 Å². The van der Waals surface area contributed by atoms with Crippen LogP contribution in [-0.4, -0.2) is 35.0 Å². The van der Waals surface area contributed by atoms with Gasteiger partial charge in [-0.3, -0.25) is 14.9 Å². The predicted octanol–water partition coefficient (Wildman–Crippen LogP) is 0.895. The molecule has 2 rings (SSSR count). The van der Waals surface area contributed by atoms with Crippen molar-refractivity contribution in [3.63, 3.8) is 0 Å². The average molecular weight is 314 g/mol. The molecule has 0 saturated carbocycles. The van der Waals surface area contributed by atoms with Crippen molar-refractivity contribution in [2.75, 3.05) is 13.2 Å². The van der Waals surface area contributed by atoms with Crippen molar-refractivity contribution < 1.29 is 14.3 Å². The maximum Gasteiger partial charge on any atom is 0.319 e. The first-order valence-corrected chi connectivity index (χ1v) is 7.19. The Morgan fingerprint density at radius 3 is 2.61 bits per heavy atom. The van der Waals surface area contributed by atoms with Crippen LogP contribution in [0, 0.1) is 0 Å². The summed E-state index contributed by atoms with van der Waals surface area (Å²) in [7, 11) is 0. The average Bonchev–Trinajstić information content (AvgIpc) is 2.55. The smallest absolute Gasteiger partial charge is 0.319 e. The van der Waals surface area contributed by atoms with E-state index in [0.717, 1.165) is 5.56 Å². The molecule has 0 atom stereocenters. The van der Waals surface area contributed by atoms with E-state index >= 15 is 0 Å². The highest BCUT2D eigenvalue weighted by molar-refractivity contribution is 5.91. The molecule has 7 nitrogen and oxygen atoms in total. The first-order chi connectivity index (χ1) is 11.1. The Hall–Kier alpha value is -2.80. The van der Waals surface area contributed by atoms with Crippen LogP contribution in [-0.2, 0) is 16.1 Å². The Morgan fingerprint density at radius 1 is 1.22 bits per heavy atom. The van der Waals surface area contributed by atoms with E-state index in [0.29, 0.717) is 18.1 Å². The van der Waals surface area contributed by atoms with Crippen LogP contribution in [0.1, 0.15) is 23.2 Å². The number of carbonyl (C=O) groups excluding carboxylic acids is 2. The molecule has 23 heavy (non-hydrogen) atoms. The number of nitrogens with zero attached hydrogens (tertiary/aromatic N) is 2. The number of hydrogen-bond donors (Lipinski definition) is 2. The summed E-state index contributed by atoms with van der Waals surface area (Å²) in [6.07, 6.45) is 0. The van der Waals surface area contributed by atoms with Crippen LogP contribution < -0.4 is 11.1 Å². The SMILES string of the molecule is CCOC(=O)CNCc1nc(C(N)=O)cc(-c2ccccc2)n1. The van der Waals surface area contributed by atoms with Gasteiger partial charge in [0.05, 0.1) is 25.4 Å². The lowest BCUT2D eigenvalue weighted by atomic mass is 10.1. The molecule has 0 bridgehead atoms. The number of aromatic nitrogens is 2. The van der Waals surface area contributed by atoms with E-state index in [2.05, 4.69) is 15.3 Å². The predicted molar refractivity (Wildman–Crippen MR) is 84.3 cm³/mol. The van der Waals surface area contributed by atoms with Gasteiger partial charge in [-0.15, -0.1) is 0 Å². The van der Waals surface area contributed by atoms with E-state index in [1.807, 2.05) is 30.3 Å². The molecule has 1 aromatic heterocycles. The van der Waals surface area contributed by atoms with Crippen LogP contribution >= 0.6 is 0 Å². The molecule has 2 aromatic rings. The largest absolute Gasteiger partial charge is 0.465 e. The molecule has 1 aromatic carbocycles. The lowest BCUT2D eigenvalue weighted by molar-refractivity contribution is -0.142. The van der Waals surface area contributed by atoms with Gasteiger partial charge < -0.3 is 10.5 Å². The number of hydrogen-bond acceptors (Lipinski definition) is 6. The summed E-state index contributed by atoms with van der Waals surface area (Å²) < 4.78 is 4.82. The fraction of sp³-hybridized carbons (Fsp3) is 0.250. The second-order valence-corrected chi connectivity index (χ2v) is 4.69. The molecule has 0 aliphatic carbocycles. The third kappa shape index (κ3) is 4.86. The molecule has 0 spiro atoms. The highest BCUT2D eigenvalue weighted by Crippen LogP contribution is 2.17. The van der Waals surface area contributed by atoms with Gasteiger partial charge in [0.1, 0.15) is 11.5 Å². The maximum absolute atomic E-state index is 11.4. The summed E-state index contributed by atoms with van der Waals surface area (Å²) in [4.78, 5) is 31.2. The van der Waals surface area contributed by atoms with E-state index in [1.54, 1.807) is 13.0 Å². The van der Waals surface area contributed by atoms with Gasteiger partial charge in [0.2, 0.25) is 0 Å². The topological polar surface area (TPSA) is 107 Å². The molecule has 0 aliphatic heterocycles. The molecular weight excluding hydrogens is 296 g/mol. The van der Waals surface area contributed by atoms with Crippen LogP contribution in [0.2, 0.25) is 0 Å². The summed E-state index contributed by atoms with van der Waals surface area (Å²) in [5.74, 6) is -0.609. The minimum absolute atomic E-state index is 0.0403. The van der Waals surface area contributed by atoms with E-state index < -0.39 is 5.91 Å². The summed E-state index contributed by atoms with van der Waals surface area (Å²) in [6.45, 7) is 2.33. The molecule has 3 N–H and O–H groups in total. The quantitative estimate of drug-likeness (QED) is 0.735. The van der Waals surface area contributed by atoms with Crippen molar-refractivity contribution in [3.8, 4) is 11.3 Å². The fourth-order valence-electron chi connectivity index (χ4n) is 1.95. The van der Waals surface area contributed by atoms with E-state index in [-0.39, 0.29) is 24.8 Å². The number of nitrogens with one attached hydrogen (secondary N) is 1. The number of nitrogens with two attached hydrogens (primary N) is 1. The molecule has 0 saturated heterocycles. The van der Waals surface area contributed by atoms with Gasteiger partial charge in [-0.05, 0) is 13.0 Å². The lowest BCUT2D eigenvalue weighted by Gasteiger charge is -2.08. The van der Waals surface area contributed by atoms with Crippen molar-refractivity contribution >= 4 is 11.9 Å². The molecule has 0 aliphatic rings. The standard InChI is InChI=1S/C16H18N4O3/c1-2-23-15(21)10-18-9-14-19-12(8-13(20-14)16(17)22)11-6-4-3-5-7-11/h3-8,18H,2,9-10H2,1H3,(H2,17,22). The van der Waals surface area contributed by atoms with Gasteiger partial charge in [-0.1, -0.05) is 30.3 Å². The summed E-state index contributed by atoms with van der Waals surface area (Å²) in [6, 6.07) is 10.9. The van der Waals surface area contributed by atoms with Crippen molar-refractivity contribution in [3.05, 3.63) is 47.9 Å². The second kappa shape index (κ2) is 8.00. The first-order valence-electron chi connectivity index (χ1n) is 7.19. The second-order valence-electron chi connectivity index (χ2n) is 4.69. The van der Waals surface area contributed by atoms with Crippen molar-refractivity contribution in [1.82, 2.24) is 15.3 Å². The van der Waals surface area contributed by atoms with Crippen LogP contribution in [0.5, 0.6) is 0 Å². The highest BCUT2D eigenvalue weighted by Gasteiger charge is 2.11. The molecule has 1 heterocycles. The number of carbonyl (C=O) groups is 2. The number of amides is 1.